The standard InChI is InChI=1S/C20H25NO/c1-15-9-11-17(12-10-15)14-21-19-8-6-7-18(13-19)16(2)22-20(3,4)5/h6-13,21H,2,14H2,1,3-5H3. The van der Waals surface area contributed by atoms with Crippen molar-refractivity contribution in [2.24, 2.45) is 0 Å². The minimum Gasteiger partial charge on any atom is -0.488 e. The lowest BCUT2D eigenvalue weighted by molar-refractivity contribution is 0.0976. The van der Waals surface area contributed by atoms with Crippen LogP contribution in [0.3, 0.4) is 0 Å². The summed E-state index contributed by atoms with van der Waals surface area (Å²) in [6.45, 7) is 13.0. The molecule has 0 aliphatic rings. The molecule has 2 aromatic rings. The zero-order chi connectivity index (χ0) is 16.2. The number of rotatable bonds is 5. The largest absolute Gasteiger partial charge is 0.488 e. The van der Waals surface area contributed by atoms with Crippen LogP contribution in [0.1, 0.15) is 37.5 Å². The SMILES string of the molecule is C=C(OC(C)(C)C)c1cccc(NCc2ccc(C)cc2)c1. The third-order valence-electron chi connectivity index (χ3n) is 3.23. The van der Waals surface area contributed by atoms with Crippen molar-refractivity contribution < 1.29 is 4.74 Å². The van der Waals surface area contributed by atoms with Crippen molar-refractivity contribution in [3.8, 4) is 0 Å². The molecule has 0 aliphatic carbocycles. The first kappa shape index (κ1) is 16.2. The van der Waals surface area contributed by atoms with E-state index in [9.17, 15) is 0 Å². The first-order chi connectivity index (χ1) is 10.3. The smallest absolute Gasteiger partial charge is 0.120 e. The van der Waals surface area contributed by atoms with E-state index < -0.39 is 0 Å². The van der Waals surface area contributed by atoms with Gasteiger partial charge in [-0.1, -0.05) is 48.5 Å². The molecule has 0 aliphatic heterocycles. The van der Waals surface area contributed by atoms with Gasteiger partial charge >= 0.3 is 0 Å². The van der Waals surface area contributed by atoms with Crippen LogP contribution in [0.4, 0.5) is 5.69 Å². The second kappa shape index (κ2) is 6.69. The molecular weight excluding hydrogens is 270 g/mol. The van der Waals surface area contributed by atoms with E-state index in [1.54, 1.807) is 0 Å². The van der Waals surface area contributed by atoms with Crippen molar-refractivity contribution in [1.82, 2.24) is 0 Å². The van der Waals surface area contributed by atoms with Gasteiger partial charge in [0.2, 0.25) is 0 Å². The van der Waals surface area contributed by atoms with Crippen LogP contribution >= 0.6 is 0 Å². The fourth-order valence-corrected chi connectivity index (χ4v) is 2.14. The first-order valence-corrected chi connectivity index (χ1v) is 7.61. The van der Waals surface area contributed by atoms with Gasteiger partial charge < -0.3 is 10.1 Å². The van der Waals surface area contributed by atoms with Gasteiger partial charge in [-0.25, -0.2) is 0 Å². The molecule has 0 fully saturated rings. The van der Waals surface area contributed by atoms with Crippen molar-refractivity contribution in [1.29, 1.82) is 0 Å². The van der Waals surface area contributed by atoms with Gasteiger partial charge in [0, 0.05) is 17.8 Å². The van der Waals surface area contributed by atoms with Crippen LogP contribution in [0, 0.1) is 6.92 Å². The van der Waals surface area contributed by atoms with E-state index in [0.29, 0.717) is 5.76 Å². The summed E-state index contributed by atoms with van der Waals surface area (Å²) in [6.07, 6.45) is 0. The van der Waals surface area contributed by atoms with Crippen LogP contribution < -0.4 is 5.32 Å². The quantitative estimate of drug-likeness (QED) is 0.746. The normalized spacial score (nSPS) is 11.1. The molecule has 0 amide bonds. The molecule has 116 valence electrons. The minimum absolute atomic E-state index is 0.234. The number of hydrogen-bond donors (Lipinski definition) is 1. The maximum absolute atomic E-state index is 5.83. The molecule has 0 spiro atoms. The van der Waals surface area contributed by atoms with E-state index in [1.165, 1.54) is 11.1 Å². The van der Waals surface area contributed by atoms with E-state index in [0.717, 1.165) is 17.8 Å². The Morgan fingerprint density at radius 1 is 1.09 bits per heavy atom. The molecule has 0 atom stereocenters. The molecule has 0 radical (unpaired) electrons. The number of hydrogen-bond acceptors (Lipinski definition) is 2. The number of nitrogens with one attached hydrogen (secondary N) is 1. The average molecular weight is 295 g/mol. The molecular formula is C20H25NO. The molecule has 22 heavy (non-hydrogen) atoms. The molecule has 0 saturated heterocycles. The molecule has 0 bridgehead atoms. The first-order valence-electron chi connectivity index (χ1n) is 7.61. The molecule has 2 nitrogen and oxygen atoms in total. The maximum atomic E-state index is 5.83. The highest BCUT2D eigenvalue weighted by Gasteiger charge is 2.13. The van der Waals surface area contributed by atoms with Gasteiger partial charge in [-0.05, 0) is 45.4 Å². The Balaban J connectivity index is 2.02. The Hall–Kier alpha value is -2.22. The van der Waals surface area contributed by atoms with E-state index >= 15 is 0 Å². The molecule has 2 aromatic carbocycles. The molecule has 0 aromatic heterocycles. The van der Waals surface area contributed by atoms with Crippen molar-refractivity contribution in [3.05, 3.63) is 71.8 Å². The van der Waals surface area contributed by atoms with Crippen LogP contribution in [-0.4, -0.2) is 5.60 Å². The van der Waals surface area contributed by atoms with Gasteiger partial charge in [-0.3, -0.25) is 0 Å². The predicted octanol–water partition coefficient (Wildman–Crippen LogP) is 5.39. The van der Waals surface area contributed by atoms with E-state index in [2.05, 4.69) is 55.2 Å². The van der Waals surface area contributed by atoms with Gasteiger partial charge in [-0.15, -0.1) is 0 Å². The molecule has 2 heteroatoms. The Kier molecular flexibility index (Phi) is 4.92. The lowest BCUT2D eigenvalue weighted by atomic mass is 10.1. The zero-order valence-corrected chi connectivity index (χ0v) is 13.9. The number of anilines is 1. The fraction of sp³-hybridized carbons (Fsp3) is 0.300. The zero-order valence-electron chi connectivity index (χ0n) is 13.9. The highest BCUT2D eigenvalue weighted by Crippen LogP contribution is 2.23. The fourth-order valence-electron chi connectivity index (χ4n) is 2.14. The summed E-state index contributed by atoms with van der Waals surface area (Å²) in [5.74, 6) is 0.700. The second-order valence-electron chi connectivity index (χ2n) is 6.56. The Morgan fingerprint density at radius 2 is 1.77 bits per heavy atom. The monoisotopic (exact) mass is 295 g/mol. The lowest BCUT2D eigenvalue weighted by Gasteiger charge is -2.23. The van der Waals surface area contributed by atoms with Gasteiger partial charge in [0.15, 0.2) is 0 Å². The summed E-state index contributed by atoms with van der Waals surface area (Å²) >= 11 is 0. The molecule has 2 rings (SSSR count). The van der Waals surface area contributed by atoms with E-state index in [4.69, 9.17) is 4.74 Å². The Labute approximate surface area is 133 Å². The van der Waals surface area contributed by atoms with E-state index in [-0.39, 0.29) is 5.60 Å². The third-order valence-corrected chi connectivity index (χ3v) is 3.23. The lowest BCUT2D eigenvalue weighted by Crippen LogP contribution is -2.17. The average Bonchev–Trinajstić information content (AvgIpc) is 2.45. The highest BCUT2D eigenvalue weighted by molar-refractivity contribution is 5.63. The Bertz CT molecular complexity index is 636. The summed E-state index contributed by atoms with van der Waals surface area (Å²) in [4.78, 5) is 0. The summed E-state index contributed by atoms with van der Waals surface area (Å²) < 4.78 is 5.83. The number of aryl methyl sites for hydroxylation is 1. The van der Waals surface area contributed by atoms with Crippen LogP contribution in [0.25, 0.3) is 5.76 Å². The van der Waals surface area contributed by atoms with Gasteiger partial charge in [0.25, 0.3) is 0 Å². The second-order valence-corrected chi connectivity index (χ2v) is 6.56. The van der Waals surface area contributed by atoms with Gasteiger partial charge in [0.05, 0.1) is 0 Å². The number of benzene rings is 2. The van der Waals surface area contributed by atoms with Gasteiger partial charge in [0.1, 0.15) is 11.4 Å². The van der Waals surface area contributed by atoms with Crippen molar-refractivity contribution in [2.75, 3.05) is 5.32 Å². The summed E-state index contributed by atoms with van der Waals surface area (Å²) in [5.41, 5.74) is 4.38. The van der Waals surface area contributed by atoms with Crippen molar-refractivity contribution in [2.45, 2.75) is 39.8 Å². The van der Waals surface area contributed by atoms with E-state index in [1.807, 2.05) is 32.9 Å². The van der Waals surface area contributed by atoms with Crippen LogP contribution in [0.15, 0.2) is 55.1 Å². The summed E-state index contributed by atoms with van der Waals surface area (Å²) in [6, 6.07) is 16.7. The van der Waals surface area contributed by atoms with Crippen molar-refractivity contribution in [3.63, 3.8) is 0 Å². The molecule has 0 heterocycles. The molecule has 0 unspecified atom stereocenters. The minimum atomic E-state index is -0.234. The van der Waals surface area contributed by atoms with Crippen molar-refractivity contribution >= 4 is 11.4 Å². The summed E-state index contributed by atoms with van der Waals surface area (Å²) in [5, 5.41) is 3.44. The Morgan fingerprint density at radius 3 is 2.41 bits per heavy atom. The van der Waals surface area contributed by atoms with Crippen LogP contribution in [0.2, 0.25) is 0 Å². The molecule has 1 N–H and O–H groups in total. The maximum Gasteiger partial charge on any atom is 0.120 e. The predicted molar refractivity (Wildman–Crippen MR) is 94.8 cm³/mol. The highest BCUT2D eigenvalue weighted by atomic mass is 16.5. The van der Waals surface area contributed by atoms with Gasteiger partial charge in [-0.2, -0.15) is 0 Å². The topological polar surface area (TPSA) is 21.3 Å². The number of ether oxygens (including phenoxy) is 1. The van der Waals surface area contributed by atoms with Crippen LogP contribution in [0.5, 0.6) is 0 Å². The van der Waals surface area contributed by atoms with Crippen LogP contribution in [-0.2, 0) is 11.3 Å². The third kappa shape index (κ3) is 4.96. The molecule has 0 saturated carbocycles. The summed E-state index contributed by atoms with van der Waals surface area (Å²) in [7, 11) is 0.